The fourth-order valence-corrected chi connectivity index (χ4v) is 3.70. The molecule has 2 amide bonds. The summed E-state index contributed by atoms with van der Waals surface area (Å²) in [5.74, 6) is -0.141. The van der Waals surface area contributed by atoms with Crippen molar-refractivity contribution in [3.05, 3.63) is 35.4 Å². The van der Waals surface area contributed by atoms with Crippen molar-refractivity contribution in [3.63, 3.8) is 0 Å². The Labute approximate surface area is 148 Å². The molecule has 2 aliphatic heterocycles. The summed E-state index contributed by atoms with van der Waals surface area (Å²) in [4.78, 5) is 28.8. The second kappa shape index (κ2) is 7.54. The summed E-state index contributed by atoms with van der Waals surface area (Å²) in [6.45, 7) is 3.27. The number of hydrogen-bond acceptors (Lipinski definition) is 4. The minimum Gasteiger partial charge on any atom is -0.381 e. The maximum atomic E-state index is 13.1. The lowest BCUT2D eigenvalue weighted by molar-refractivity contribution is -0.168. The number of carbonyl (C=O) groups excluding carboxylic acids is 2. The molecule has 1 aromatic rings. The molecule has 0 unspecified atom stereocenters. The van der Waals surface area contributed by atoms with E-state index in [1.54, 1.807) is 19.1 Å². The molecule has 0 N–H and O–H groups in total. The summed E-state index contributed by atoms with van der Waals surface area (Å²) in [5, 5.41) is 0. The summed E-state index contributed by atoms with van der Waals surface area (Å²) in [6, 6.07) is 7.46. The third-order valence-electron chi connectivity index (χ3n) is 5.32. The highest BCUT2D eigenvalue weighted by atomic mass is 16.5. The molecule has 6 heteroatoms. The Kier molecular flexibility index (Phi) is 5.39. The number of aryl methyl sites for hydroxylation is 1. The van der Waals surface area contributed by atoms with Crippen LogP contribution in [-0.4, -0.2) is 67.7 Å². The quantitative estimate of drug-likeness (QED) is 0.833. The number of likely N-dealkylation sites (tertiary alicyclic amines) is 1. The molecule has 0 radical (unpaired) electrons. The summed E-state index contributed by atoms with van der Waals surface area (Å²) in [7, 11) is 3.46. The number of piperidine rings is 1. The largest absolute Gasteiger partial charge is 0.381 e. The SMILES string of the molecule is COC1CCN(C(=O)[C@H]2OCC(=O)N(C)[C@@H]2c2ccccc2C)CC1. The number of methoxy groups -OCH3 is 1. The molecule has 6 nitrogen and oxygen atoms in total. The van der Waals surface area contributed by atoms with Crippen molar-refractivity contribution in [2.75, 3.05) is 33.9 Å². The molecule has 0 spiro atoms. The van der Waals surface area contributed by atoms with Gasteiger partial charge >= 0.3 is 0 Å². The third kappa shape index (κ3) is 3.55. The lowest BCUT2D eigenvalue weighted by atomic mass is 9.93. The first kappa shape index (κ1) is 17.9. The molecule has 2 fully saturated rings. The van der Waals surface area contributed by atoms with Crippen LogP contribution in [0.3, 0.4) is 0 Å². The Bertz CT molecular complexity index is 640. The first-order valence-electron chi connectivity index (χ1n) is 8.77. The first-order valence-corrected chi connectivity index (χ1v) is 8.77. The lowest BCUT2D eigenvalue weighted by Gasteiger charge is -2.42. The monoisotopic (exact) mass is 346 g/mol. The number of nitrogens with zero attached hydrogens (tertiary/aromatic N) is 2. The molecule has 0 bridgehead atoms. The van der Waals surface area contributed by atoms with Crippen LogP contribution in [0.2, 0.25) is 0 Å². The van der Waals surface area contributed by atoms with Gasteiger partial charge in [0.05, 0.1) is 12.1 Å². The molecule has 0 aliphatic carbocycles. The van der Waals surface area contributed by atoms with Gasteiger partial charge in [-0.3, -0.25) is 9.59 Å². The number of hydrogen-bond donors (Lipinski definition) is 0. The van der Waals surface area contributed by atoms with Gasteiger partial charge < -0.3 is 19.3 Å². The van der Waals surface area contributed by atoms with Crippen molar-refractivity contribution in [1.29, 1.82) is 0 Å². The van der Waals surface area contributed by atoms with E-state index in [1.165, 1.54) is 0 Å². The van der Waals surface area contributed by atoms with Crippen molar-refractivity contribution in [2.24, 2.45) is 0 Å². The van der Waals surface area contributed by atoms with Crippen molar-refractivity contribution < 1.29 is 19.1 Å². The number of benzene rings is 1. The van der Waals surface area contributed by atoms with Gasteiger partial charge in [-0.05, 0) is 30.9 Å². The van der Waals surface area contributed by atoms with Crippen LogP contribution in [0.1, 0.15) is 30.0 Å². The average Bonchev–Trinajstić information content (AvgIpc) is 2.64. The number of ether oxygens (including phenoxy) is 2. The molecule has 2 heterocycles. The van der Waals surface area contributed by atoms with E-state index in [4.69, 9.17) is 9.47 Å². The van der Waals surface area contributed by atoms with Crippen LogP contribution in [0, 0.1) is 6.92 Å². The van der Waals surface area contributed by atoms with Crippen LogP contribution in [-0.2, 0) is 19.1 Å². The van der Waals surface area contributed by atoms with Crippen LogP contribution in [0.25, 0.3) is 0 Å². The van der Waals surface area contributed by atoms with E-state index in [0.29, 0.717) is 13.1 Å². The average molecular weight is 346 g/mol. The van der Waals surface area contributed by atoms with Gasteiger partial charge in [0, 0.05) is 27.2 Å². The van der Waals surface area contributed by atoms with Crippen LogP contribution in [0.5, 0.6) is 0 Å². The van der Waals surface area contributed by atoms with Gasteiger partial charge in [0.25, 0.3) is 5.91 Å². The van der Waals surface area contributed by atoms with E-state index >= 15 is 0 Å². The predicted molar refractivity (Wildman–Crippen MR) is 93.0 cm³/mol. The topological polar surface area (TPSA) is 59.1 Å². The van der Waals surface area contributed by atoms with E-state index in [0.717, 1.165) is 24.0 Å². The number of rotatable bonds is 3. The Hall–Kier alpha value is -1.92. The molecule has 0 saturated carbocycles. The third-order valence-corrected chi connectivity index (χ3v) is 5.32. The molecule has 3 rings (SSSR count). The molecule has 2 aliphatic rings. The van der Waals surface area contributed by atoms with E-state index in [1.807, 2.05) is 36.1 Å². The van der Waals surface area contributed by atoms with Gasteiger partial charge in [0.15, 0.2) is 6.10 Å². The predicted octanol–water partition coefficient (Wildman–Crippen LogP) is 1.53. The Morgan fingerprint density at radius 2 is 1.92 bits per heavy atom. The minimum atomic E-state index is -0.664. The molecule has 2 saturated heterocycles. The molecule has 1 aromatic carbocycles. The zero-order chi connectivity index (χ0) is 18.0. The zero-order valence-electron chi connectivity index (χ0n) is 15.1. The molecule has 25 heavy (non-hydrogen) atoms. The molecule has 0 aromatic heterocycles. The lowest BCUT2D eigenvalue weighted by Crippen LogP contribution is -2.55. The number of carbonyl (C=O) groups is 2. The smallest absolute Gasteiger partial charge is 0.254 e. The Balaban J connectivity index is 1.84. The van der Waals surface area contributed by atoms with Crippen LogP contribution in [0.15, 0.2) is 24.3 Å². The van der Waals surface area contributed by atoms with Gasteiger partial charge in [0.2, 0.25) is 5.91 Å². The fraction of sp³-hybridized carbons (Fsp3) is 0.579. The van der Waals surface area contributed by atoms with Crippen molar-refractivity contribution in [2.45, 2.75) is 38.0 Å². The van der Waals surface area contributed by atoms with Gasteiger partial charge in [-0.2, -0.15) is 0 Å². The second-order valence-corrected chi connectivity index (χ2v) is 6.80. The summed E-state index contributed by atoms with van der Waals surface area (Å²) < 4.78 is 11.1. The number of likely N-dealkylation sites (N-methyl/N-ethyl adjacent to an activating group) is 1. The van der Waals surface area contributed by atoms with Gasteiger partial charge in [-0.25, -0.2) is 0 Å². The molecule has 136 valence electrons. The second-order valence-electron chi connectivity index (χ2n) is 6.80. The van der Waals surface area contributed by atoms with Gasteiger partial charge in [-0.15, -0.1) is 0 Å². The highest BCUT2D eigenvalue weighted by Gasteiger charge is 2.42. The first-order chi connectivity index (χ1) is 12.0. The Morgan fingerprint density at radius 1 is 1.24 bits per heavy atom. The molecule has 2 atom stereocenters. The van der Waals surface area contributed by atoms with E-state index in [2.05, 4.69) is 0 Å². The van der Waals surface area contributed by atoms with E-state index < -0.39 is 12.1 Å². The van der Waals surface area contributed by atoms with Gasteiger partial charge in [-0.1, -0.05) is 24.3 Å². The zero-order valence-corrected chi connectivity index (χ0v) is 15.1. The Morgan fingerprint density at radius 3 is 2.56 bits per heavy atom. The highest BCUT2D eigenvalue weighted by Crippen LogP contribution is 2.32. The van der Waals surface area contributed by atoms with Crippen molar-refractivity contribution in [1.82, 2.24) is 9.80 Å². The van der Waals surface area contributed by atoms with Crippen molar-refractivity contribution in [3.8, 4) is 0 Å². The summed E-state index contributed by atoms with van der Waals surface area (Å²) in [6.07, 6.45) is 1.22. The molecular formula is C19H26N2O4. The normalized spacial score (nSPS) is 25.3. The molecular weight excluding hydrogens is 320 g/mol. The maximum Gasteiger partial charge on any atom is 0.254 e. The number of morpholine rings is 1. The number of amides is 2. The van der Waals surface area contributed by atoms with E-state index in [9.17, 15) is 9.59 Å². The fourth-order valence-electron chi connectivity index (χ4n) is 3.70. The van der Waals surface area contributed by atoms with E-state index in [-0.39, 0.29) is 24.5 Å². The standard InChI is InChI=1S/C19H26N2O4/c1-13-6-4-5-7-15(13)17-18(25-12-16(22)20(17)2)19(23)21-10-8-14(24-3)9-11-21/h4-7,14,17-18H,8-12H2,1-3H3/t17-,18+/m1/s1. The van der Waals surface area contributed by atoms with Crippen LogP contribution < -0.4 is 0 Å². The maximum absolute atomic E-state index is 13.1. The van der Waals surface area contributed by atoms with Crippen LogP contribution >= 0.6 is 0 Å². The minimum absolute atomic E-state index is 0.0397. The highest BCUT2D eigenvalue weighted by molar-refractivity contribution is 5.86. The van der Waals surface area contributed by atoms with Crippen LogP contribution in [0.4, 0.5) is 0 Å². The van der Waals surface area contributed by atoms with Crippen molar-refractivity contribution >= 4 is 11.8 Å². The van der Waals surface area contributed by atoms with Gasteiger partial charge in [0.1, 0.15) is 6.61 Å². The summed E-state index contributed by atoms with van der Waals surface area (Å²) in [5.41, 5.74) is 2.01. The summed E-state index contributed by atoms with van der Waals surface area (Å²) >= 11 is 0.